The van der Waals surface area contributed by atoms with Crippen LogP contribution in [0.3, 0.4) is 0 Å². The van der Waals surface area contributed by atoms with Gasteiger partial charge in [-0.05, 0) is 61.2 Å². The third kappa shape index (κ3) is 5.92. The van der Waals surface area contributed by atoms with E-state index < -0.39 is 5.92 Å². The maximum atomic E-state index is 13.0. The second kappa shape index (κ2) is 9.65. The van der Waals surface area contributed by atoms with Crippen molar-refractivity contribution in [1.82, 2.24) is 0 Å². The van der Waals surface area contributed by atoms with Crippen molar-refractivity contribution >= 4 is 23.0 Å². The molecule has 0 spiro atoms. The highest BCUT2D eigenvalue weighted by molar-refractivity contribution is 6.07. The Morgan fingerprint density at radius 3 is 2.39 bits per heavy atom. The number of halogens is 1. The van der Waals surface area contributed by atoms with E-state index in [0.29, 0.717) is 22.9 Å². The lowest BCUT2D eigenvalue weighted by molar-refractivity contribution is -0.117. The Kier molecular flexibility index (Phi) is 7.28. The lowest BCUT2D eigenvalue weighted by Gasteiger charge is -2.18. The Balaban J connectivity index is 2.08. The van der Waals surface area contributed by atoms with Crippen LogP contribution in [0.5, 0.6) is 0 Å². The number of anilines is 2. The largest absolute Gasteiger partial charge is 0.384 e. The summed E-state index contributed by atoms with van der Waals surface area (Å²) < 4.78 is 13.0. The third-order valence-electron chi connectivity index (χ3n) is 4.32. The van der Waals surface area contributed by atoms with Crippen molar-refractivity contribution < 1.29 is 9.18 Å². The zero-order chi connectivity index (χ0) is 20.7. The van der Waals surface area contributed by atoms with Crippen LogP contribution in [0.4, 0.5) is 15.8 Å². The van der Waals surface area contributed by atoms with Crippen LogP contribution < -0.4 is 10.6 Å². The SMILES string of the molecule is CC(=N)C(CNc1ccc(F)cc1)C(=O)Nc1ccc(CC(C)C)c(C#N)c1. The van der Waals surface area contributed by atoms with Gasteiger partial charge in [-0.1, -0.05) is 19.9 Å². The van der Waals surface area contributed by atoms with Gasteiger partial charge >= 0.3 is 0 Å². The first kappa shape index (κ1) is 21.1. The molecule has 146 valence electrons. The van der Waals surface area contributed by atoms with Gasteiger partial charge in [-0.2, -0.15) is 5.26 Å². The molecule has 0 radical (unpaired) electrons. The van der Waals surface area contributed by atoms with Crippen LogP contribution in [0.25, 0.3) is 0 Å². The first-order chi connectivity index (χ1) is 13.3. The molecule has 2 aromatic rings. The van der Waals surface area contributed by atoms with Gasteiger partial charge in [0, 0.05) is 23.6 Å². The molecule has 2 aromatic carbocycles. The normalized spacial score (nSPS) is 11.6. The molecule has 1 amide bonds. The fourth-order valence-corrected chi connectivity index (χ4v) is 2.84. The molecule has 6 heteroatoms. The number of rotatable bonds is 8. The smallest absolute Gasteiger partial charge is 0.234 e. The van der Waals surface area contributed by atoms with E-state index in [0.717, 1.165) is 12.0 Å². The van der Waals surface area contributed by atoms with Crippen LogP contribution in [0.2, 0.25) is 0 Å². The number of carbonyl (C=O) groups is 1. The molecule has 0 heterocycles. The summed E-state index contributed by atoms with van der Waals surface area (Å²) >= 11 is 0. The van der Waals surface area contributed by atoms with Gasteiger partial charge in [0.15, 0.2) is 0 Å². The molecule has 1 atom stereocenters. The molecule has 0 aromatic heterocycles. The van der Waals surface area contributed by atoms with E-state index in [1.165, 1.54) is 12.1 Å². The Hall–Kier alpha value is -3.20. The average Bonchev–Trinajstić information content (AvgIpc) is 2.64. The first-order valence-corrected chi connectivity index (χ1v) is 9.18. The van der Waals surface area contributed by atoms with Crippen LogP contribution in [0.15, 0.2) is 42.5 Å². The molecule has 0 aliphatic rings. The van der Waals surface area contributed by atoms with E-state index in [4.69, 9.17) is 5.41 Å². The maximum absolute atomic E-state index is 13.0. The molecular formula is C22H25FN4O. The minimum absolute atomic E-state index is 0.212. The van der Waals surface area contributed by atoms with E-state index in [1.807, 2.05) is 6.07 Å². The monoisotopic (exact) mass is 380 g/mol. The molecular weight excluding hydrogens is 355 g/mol. The molecule has 0 aliphatic heterocycles. The number of benzene rings is 2. The highest BCUT2D eigenvalue weighted by Crippen LogP contribution is 2.19. The minimum Gasteiger partial charge on any atom is -0.384 e. The number of carbonyl (C=O) groups excluding carboxylic acids is 1. The standard InChI is InChI=1S/C22H25FN4O/c1-14(2)10-16-4-7-20(11-17(16)12-24)27-22(28)21(15(3)25)13-26-19-8-5-18(23)6-9-19/h4-9,11,14,21,25-26H,10,13H2,1-3H3,(H,27,28). The van der Waals surface area contributed by atoms with E-state index in [-0.39, 0.29) is 24.0 Å². The van der Waals surface area contributed by atoms with Gasteiger partial charge in [-0.25, -0.2) is 4.39 Å². The summed E-state index contributed by atoms with van der Waals surface area (Å²) in [5, 5.41) is 23.2. The van der Waals surface area contributed by atoms with Crippen molar-refractivity contribution in [3.05, 3.63) is 59.4 Å². The summed E-state index contributed by atoms with van der Waals surface area (Å²) in [4.78, 5) is 12.7. The highest BCUT2D eigenvalue weighted by Gasteiger charge is 2.21. The summed E-state index contributed by atoms with van der Waals surface area (Å²) in [6, 6.07) is 13.3. The topological polar surface area (TPSA) is 88.8 Å². The molecule has 3 N–H and O–H groups in total. The number of amides is 1. The Morgan fingerprint density at radius 2 is 1.82 bits per heavy atom. The van der Waals surface area contributed by atoms with Crippen molar-refractivity contribution in [2.75, 3.05) is 17.2 Å². The van der Waals surface area contributed by atoms with E-state index in [9.17, 15) is 14.4 Å². The highest BCUT2D eigenvalue weighted by atomic mass is 19.1. The maximum Gasteiger partial charge on any atom is 0.234 e. The van der Waals surface area contributed by atoms with Crippen LogP contribution in [0.1, 0.15) is 31.9 Å². The Labute approximate surface area is 165 Å². The van der Waals surface area contributed by atoms with Crippen LogP contribution in [0, 0.1) is 34.4 Å². The van der Waals surface area contributed by atoms with Gasteiger partial charge < -0.3 is 16.0 Å². The van der Waals surface area contributed by atoms with Crippen LogP contribution in [-0.2, 0) is 11.2 Å². The number of nitrogens with zero attached hydrogens (tertiary/aromatic N) is 1. The molecule has 0 saturated carbocycles. The molecule has 2 rings (SSSR count). The third-order valence-corrected chi connectivity index (χ3v) is 4.32. The quantitative estimate of drug-likeness (QED) is 0.585. The fraction of sp³-hybridized carbons (Fsp3) is 0.318. The predicted molar refractivity (Wildman–Crippen MR) is 110 cm³/mol. The van der Waals surface area contributed by atoms with Gasteiger partial charge in [-0.3, -0.25) is 4.79 Å². The van der Waals surface area contributed by atoms with Crippen molar-refractivity contribution in [1.29, 1.82) is 10.7 Å². The molecule has 0 bridgehead atoms. The summed E-state index contributed by atoms with van der Waals surface area (Å²) in [5.74, 6) is -0.930. The summed E-state index contributed by atoms with van der Waals surface area (Å²) in [7, 11) is 0. The van der Waals surface area contributed by atoms with Gasteiger partial charge in [0.25, 0.3) is 0 Å². The van der Waals surface area contributed by atoms with E-state index >= 15 is 0 Å². The lowest BCUT2D eigenvalue weighted by Crippen LogP contribution is -2.33. The van der Waals surface area contributed by atoms with Gasteiger partial charge in [0.2, 0.25) is 5.91 Å². The second-order valence-corrected chi connectivity index (χ2v) is 7.19. The summed E-state index contributed by atoms with van der Waals surface area (Å²) in [6.45, 7) is 5.96. The number of hydrogen-bond acceptors (Lipinski definition) is 4. The molecule has 5 nitrogen and oxygen atoms in total. The molecule has 0 fully saturated rings. The summed E-state index contributed by atoms with van der Waals surface area (Å²) in [6.07, 6.45) is 0.793. The predicted octanol–water partition coefficient (Wildman–Crippen LogP) is 4.60. The Morgan fingerprint density at radius 1 is 1.18 bits per heavy atom. The van der Waals surface area contributed by atoms with Gasteiger partial charge in [-0.15, -0.1) is 0 Å². The molecule has 0 aliphatic carbocycles. The summed E-state index contributed by atoms with van der Waals surface area (Å²) in [5.41, 5.74) is 2.91. The van der Waals surface area contributed by atoms with Crippen LogP contribution >= 0.6 is 0 Å². The minimum atomic E-state index is -0.689. The van der Waals surface area contributed by atoms with Crippen LogP contribution in [-0.4, -0.2) is 18.2 Å². The van der Waals surface area contributed by atoms with Crippen molar-refractivity contribution in [2.24, 2.45) is 11.8 Å². The van der Waals surface area contributed by atoms with Gasteiger partial charge in [0.1, 0.15) is 5.82 Å². The van der Waals surface area contributed by atoms with Gasteiger partial charge in [0.05, 0.1) is 17.6 Å². The number of nitrogens with one attached hydrogen (secondary N) is 3. The lowest BCUT2D eigenvalue weighted by atomic mass is 9.97. The second-order valence-electron chi connectivity index (χ2n) is 7.19. The van der Waals surface area contributed by atoms with Crippen molar-refractivity contribution in [3.8, 4) is 6.07 Å². The molecule has 28 heavy (non-hydrogen) atoms. The zero-order valence-electron chi connectivity index (χ0n) is 16.3. The van der Waals surface area contributed by atoms with E-state index in [1.54, 1.807) is 31.2 Å². The van der Waals surface area contributed by atoms with E-state index in [2.05, 4.69) is 30.6 Å². The number of hydrogen-bond donors (Lipinski definition) is 3. The Bertz CT molecular complexity index is 884. The van der Waals surface area contributed by atoms with Crippen molar-refractivity contribution in [3.63, 3.8) is 0 Å². The zero-order valence-corrected chi connectivity index (χ0v) is 16.3. The first-order valence-electron chi connectivity index (χ1n) is 9.18. The fourth-order valence-electron chi connectivity index (χ4n) is 2.84. The van der Waals surface area contributed by atoms with Crippen molar-refractivity contribution in [2.45, 2.75) is 27.2 Å². The molecule has 0 saturated heterocycles. The number of nitriles is 1. The average molecular weight is 380 g/mol. The molecule has 1 unspecified atom stereocenters.